The van der Waals surface area contributed by atoms with Gasteiger partial charge in [0.15, 0.2) is 5.78 Å². The number of esters is 1. The van der Waals surface area contributed by atoms with E-state index >= 15 is 0 Å². The van der Waals surface area contributed by atoms with Crippen LogP contribution in [0.3, 0.4) is 0 Å². The van der Waals surface area contributed by atoms with E-state index in [1.807, 2.05) is 0 Å². The van der Waals surface area contributed by atoms with Gasteiger partial charge >= 0.3 is 5.97 Å². The molecule has 0 bridgehead atoms. The van der Waals surface area contributed by atoms with Crippen molar-refractivity contribution in [2.45, 2.75) is 97.5 Å². The van der Waals surface area contributed by atoms with Gasteiger partial charge in [-0.15, -0.1) is 0 Å². The number of ether oxygens (including phenoxy) is 1. The van der Waals surface area contributed by atoms with E-state index in [0.29, 0.717) is 42.8 Å². The van der Waals surface area contributed by atoms with E-state index in [9.17, 15) is 14.4 Å². The molecular weight excluding hydrogens is 364 g/mol. The minimum Gasteiger partial charge on any atom is -0.458 e. The molecule has 0 spiro atoms. The lowest BCUT2D eigenvalue weighted by Crippen LogP contribution is -2.54. The van der Waals surface area contributed by atoms with E-state index in [1.54, 1.807) is 6.08 Å². The van der Waals surface area contributed by atoms with Gasteiger partial charge in [0, 0.05) is 24.7 Å². The third-order valence-electron chi connectivity index (χ3n) is 8.92. The minimum absolute atomic E-state index is 0.0852. The van der Waals surface area contributed by atoms with E-state index in [-0.39, 0.29) is 28.7 Å². The lowest BCUT2D eigenvalue weighted by molar-refractivity contribution is -0.156. The van der Waals surface area contributed by atoms with Gasteiger partial charge in [-0.2, -0.15) is 0 Å². The summed E-state index contributed by atoms with van der Waals surface area (Å²) in [4.78, 5) is 37.5. The molecule has 3 saturated carbocycles. The summed E-state index contributed by atoms with van der Waals surface area (Å²) in [5.74, 6) is 1.75. The number of unbranched alkanes of at least 4 members (excludes halogenated alkanes) is 2. The van der Waals surface area contributed by atoms with Crippen molar-refractivity contribution < 1.29 is 19.1 Å². The third-order valence-corrected chi connectivity index (χ3v) is 8.92. The van der Waals surface area contributed by atoms with Crippen molar-refractivity contribution in [3.8, 4) is 0 Å². The molecule has 4 heteroatoms. The van der Waals surface area contributed by atoms with Crippen molar-refractivity contribution in [1.82, 2.24) is 0 Å². The summed E-state index contributed by atoms with van der Waals surface area (Å²) >= 11 is 0. The van der Waals surface area contributed by atoms with Crippen LogP contribution in [0.5, 0.6) is 0 Å². The van der Waals surface area contributed by atoms with Crippen molar-refractivity contribution >= 4 is 17.5 Å². The van der Waals surface area contributed by atoms with Crippen LogP contribution in [-0.2, 0) is 19.1 Å². The first-order chi connectivity index (χ1) is 13.8. The van der Waals surface area contributed by atoms with Crippen molar-refractivity contribution in [1.29, 1.82) is 0 Å². The van der Waals surface area contributed by atoms with Gasteiger partial charge in [-0.25, -0.2) is 0 Å². The highest BCUT2D eigenvalue weighted by molar-refractivity contribution is 5.92. The Hall–Kier alpha value is -1.45. The van der Waals surface area contributed by atoms with Crippen LogP contribution in [0.2, 0.25) is 0 Å². The third kappa shape index (κ3) is 3.41. The molecule has 0 aromatic rings. The zero-order valence-corrected chi connectivity index (χ0v) is 18.3. The Morgan fingerprint density at radius 3 is 2.59 bits per heavy atom. The standard InChI is InChI=1S/C25H36O4/c1-4-5-6-7-23(28)29-21-15-17-18-8-9-22(27)25(18,3)13-11-19(17)24(2)12-10-16(26)14-20(21)24/h14,17-19,21H,4-13,15H2,1-3H3/t17?,18?,19?,21-,24+,25-/m0/s1. The number of hydrogen-bond acceptors (Lipinski definition) is 4. The van der Waals surface area contributed by atoms with Crippen LogP contribution in [0.25, 0.3) is 0 Å². The molecule has 0 aromatic carbocycles. The highest BCUT2D eigenvalue weighted by Crippen LogP contribution is 2.64. The minimum atomic E-state index is -0.294. The van der Waals surface area contributed by atoms with Crippen LogP contribution in [-0.4, -0.2) is 23.6 Å². The number of hydrogen-bond donors (Lipinski definition) is 0. The fourth-order valence-electron chi connectivity index (χ4n) is 7.20. The molecule has 3 fully saturated rings. The topological polar surface area (TPSA) is 60.4 Å². The molecule has 0 radical (unpaired) electrons. The fraction of sp³-hybridized carbons (Fsp3) is 0.800. The molecule has 0 amide bonds. The average molecular weight is 401 g/mol. The van der Waals surface area contributed by atoms with Crippen molar-refractivity contribution in [3.63, 3.8) is 0 Å². The normalized spacial score (nSPS) is 41.3. The summed E-state index contributed by atoms with van der Waals surface area (Å²) in [6, 6.07) is 0. The summed E-state index contributed by atoms with van der Waals surface area (Å²) in [5, 5.41) is 0. The number of carbonyl (C=O) groups excluding carboxylic acids is 3. The van der Waals surface area contributed by atoms with Gasteiger partial charge in [0.05, 0.1) is 0 Å². The Balaban J connectivity index is 1.62. The van der Waals surface area contributed by atoms with Gasteiger partial charge in [0.25, 0.3) is 0 Å². The van der Waals surface area contributed by atoms with Crippen LogP contribution < -0.4 is 0 Å². The molecule has 4 nitrogen and oxygen atoms in total. The maximum absolute atomic E-state index is 12.7. The van der Waals surface area contributed by atoms with E-state index in [1.165, 1.54) is 0 Å². The van der Waals surface area contributed by atoms with Gasteiger partial charge in [-0.3, -0.25) is 14.4 Å². The maximum atomic E-state index is 12.7. The monoisotopic (exact) mass is 400 g/mol. The number of fused-ring (bicyclic) bond motifs is 5. The molecule has 4 aliphatic carbocycles. The summed E-state index contributed by atoms with van der Waals surface area (Å²) in [7, 11) is 0. The van der Waals surface area contributed by atoms with Crippen molar-refractivity contribution in [2.75, 3.05) is 0 Å². The fourth-order valence-corrected chi connectivity index (χ4v) is 7.20. The molecule has 4 aliphatic rings. The van der Waals surface area contributed by atoms with Crippen LogP contribution in [0.1, 0.15) is 91.4 Å². The zero-order chi connectivity index (χ0) is 20.8. The van der Waals surface area contributed by atoms with Crippen LogP contribution in [0.4, 0.5) is 0 Å². The molecule has 0 N–H and O–H groups in total. The van der Waals surface area contributed by atoms with Crippen molar-refractivity contribution in [2.24, 2.45) is 28.6 Å². The quantitative estimate of drug-likeness (QED) is 0.471. The predicted molar refractivity (Wildman–Crippen MR) is 111 cm³/mol. The smallest absolute Gasteiger partial charge is 0.306 e. The summed E-state index contributed by atoms with van der Waals surface area (Å²) in [6.45, 7) is 6.59. The van der Waals surface area contributed by atoms with Crippen LogP contribution >= 0.6 is 0 Å². The number of rotatable bonds is 5. The number of carbonyl (C=O) groups is 3. The Bertz CT molecular complexity index is 737. The van der Waals surface area contributed by atoms with Crippen LogP contribution in [0, 0.1) is 28.6 Å². The molecule has 0 aliphatic heterocycles. The van der Waals surface area contributed by atoms with Gasteiger partial charge in [-0.05, 0) is 73.3 Å². The molecule has 4 rings (SSSR count). The Kier molecular flexibility index (Phi) is 5.50. The first-order valence-electron chi connectivity index (χ1n) is 11.8. The summed E-state index contributed by atoms with van der Waals surface area (Å²) in [6.07, 6.45) is 10.8. The summed E-state index contributed by atoms with van der Waals surface area (Å²) < 4.78 is 6.03. The first-order valence-corrected chi connectivity index (χ1v) is 11.8. The molecule has 6 atom stereocenters. The second-order valence-electron chi connectivity index (χ2n) is 10.4. The molecule has 29 heavy (non-hydrogen) atoms. The molecule has 0 aromatic heterocycles. The molecule has 0 heterocycles. The number of ketones is 2. The van der Waals surface area contributed by atoms with Gasteiger partial charge in [-0.1, -0.05) is 33.6 Å². The lowest BCUT2D eigenvalue weighted by atomic mass is 9.47. The van der Waals surface area contributed by atoms with E-state index < -0.39 is 0 Å². The second-order valence-corrected chi connectivity index (χ2v) is 10.4. The maximum Gasteiger partial charge on any atom is 0.306 e. The van der Waals surface area contributed by atoms with E-state index in [2.05, 4.69) is 20.8 Å². The zero-order valence-electron chi connectivity index (χ0n) is 18.3. The predicted octanol–water partition coefficient (Wildman–Crippen LogP) is 5.19. The Labute approximate surface area is 174 Å². The second kappa shape index (κ2) is 7.67. The summed E-state index contributed by atoms with van der Waals surface area (Å²) in [5.41, 5.74) is 0.781. The Morgan fingerprint density at radius 2 is 1.83 bits per heavy atom. The molecule has 3 unspecified atom stereocenters. The molecule has 160 valence electrons. The van der Waals surface area contributed by atoms with E-state index in [4.69, 9.17) is 4.74 Å². The van der Waals surface area contributed by atoms with Crippen molar-refractivity contribution in [3.05, 3.63) is 11.6 Å². The highest BCUT2D eigenvalue weighted by atomic mass is 16.5. The van der Waals surface area contributed by atoms with Gasteiger partial charge in [0.2, 0.25) is 0 Å². The number of Topliss-reactive ketones (excluding diaryl/α,β-unsaturated/α-hetero) is 1. The Morgan fingerprint density at radius 1 is 1.07 bits per heavy atom. The van der Waals surface area contributed by atoms with Crippen LogP contribution in [0.15, 0.2) is 11.6 Å². The van der Waals surface area contributed by atoms with E-state index in [0.717, 1.165) is 56.9 Å². The lowest BCUT2D eigenvalue weighted by Gasteiger charge is -2.58. The van der Waals surface area contributed by atoms with Gasteiger partial charge in [0.1, 0.15) is 11.9 Å². The average Bonchev–Trinajstić information content (AvgIpc) is 2.98. The molecule has 0 saturated heterocycles. The first kappa shape index (κ1) is 20.8. The molecular formula is C25H36O4. The largest absolute Gasteiger partial charge is 0.458 e. The SMILES string of the molecule is CCCCCC(=O)O[C@H]1CC2C(CC[C@]3(C)C(=O)CCC23)[C@@]2(C)CCC(=O)C=C12. The highest BCUT2D eigenvalue weighted by Gasteiger charge is 2.61. The van der Waals surface area contributed by atoms with Gasteiger partial charge < -0.3 is 4.74 Å².